The van der Waals surface area contributed by atoms with Gasteiger partial charge in [0.15, 0.2) is 0 Å². The van der Waals surface area contributed by atoms with Gasteiger partial charge in [0.2, 0.25) is 11.8 Å². The summed E-state index contributed by atoms with van der Waals surface area (Å²) in [7, 11) is 1.58. The fraction of sp³-hybridized carbons (Fsp3) is 0.273. The summed E-state index contributed by atoms with van der Waals surface area (Å²) in [6, 6.07) is 15.1. The highest BCUT2D eigenvalue weighted by molar-refractivity contribution is 6.33. The van der Waals surface area contributed by atoms with E-state index in [0.29, 0.717) is 10.7 Å². The third-order valence-corrected chi connectivity index (χ3v) is 4.43. The predicted molar refractivity (Wildman–Crippen MR) is 112 cm³/mol. The zero-order valence-corrected chi connectivity index (χ0v) is 16.9. The van der Waals surface area contributed by atoms with Gasteiger partial charge in [-0.3, -0.25) is 9.59 Å². The van der Waals surface area contributed by atoms with Gasteiger partial charge in [-0.05, 0) is 34.8 Å². The third-order valence-electron chi connectivity index (χ3n) is 4.10. The van der Waals surface area contributed by atoms with Crippen molar-refractivity contribution in [3.05, 3.63) is 70.8 Å². The summed E-state index contributed by atoms with van der Waals surface area (Å²) in [5, 5.41) is 3.16. The van der Waals surface area contributed by atoms with Gasteiger partial charge in [-0.1, -0.05) is 68.8 Å². The van der Waals surface area contributed by atoms with Crippen LogP contribution in [0.1, 0.15) is 31.9 Å². The highest BCUT2D eigenvalue weighted by atomic mass is 35.5. The molecule has 2 amide bonds. The number of halogens is 1. The number of amides is 2. The molecule has 27 heavy (non-hydrogen) atoms. The zero-order chi connectivity index (χ0) is 20.0. The average Bonchev–Trinajstić information content (AvgIpc) is 2.61. The van der Waals surface area contributed by atoms with Crippen LogP contribution in [0.4, 0.5) is 5.69 Å². The maximum atomic E-state index is 12.2. The third kappa shape index (κ3) is 6.26. The molecular formula is C22H25ClN2O2. The quantitative estimate of drug-likeness (QED) is 0.756. The highest BCUT2D eigenvalue weighted by Crippen LogP contribution is 2.22. The van der Waals surface area contributed by atoms with E-state index in [-0.39, 0.29) is 23.8 Å². The Hall–Kier alpha value is -2.59. The molecule has 0 heterocycles. The molecule has 0 unspecified atom stereocenters. The van der Waals surface area contributed by atoms with E-state index in [4.69, 9.17) is 11.6 Å². The van der Waals surface area contributed by atoms with E-state index in [0.717, 1.165) is 5.56 Å². The number of para-hydroxylation sites is 1. The topological polar surface area (TPSA) is 49.4 Å². The summed E-state index contributed by atoms with van der Waals surface area (Å²) in [4.78, 5) is 25.7. The van der Waals surface area contributed by atoms with E-state index in [1.807, 2.05) is 12.1 Å². The molecular weight excluding hydrogens is 360 g/mol. The Labute approximate surface area is 165 Å². The summed E-state index contributed by atoms with van der Waals surface area (Å²) in [6.07, 6.45) is 3.21. The van der Waals surface area contributed by atoms with Crippen molar-refractivity contribution in [2.75, 3.05) is 18.9 Å². The second-order valence-corrected chi connectivity index (χ2v) is 7.83. The summed E-state index contributed by atoms with van der Waals surface area (Å²) >= 11 is 6.02. The molecule has 4 nitrogen and oxygen atoms in total. The number of carbonyl (C=O) groups is 2. The van der Waals surface area contributed by atoms with Crippen LogP contribution in [0, 0.1) is 0 Å². The molecule has 0 fully saturated rings. The minimum Gasteiger partial charge on any atom is -0.333 e. The summed E-state index contributed by atoms with van der Waals surface area (Å²) in [5.74, 6) is -0.550. The van der Waals surface area contributed by atoms with Crippen molar-refractivity contribution in [1.29, 1.82) is 0 Å². The maximum absolute atomic E-state index is 12.2. The number of carbonyl (C=O) groups excluding carboxylic acids is 2. The molecule has 0 saturated carbocycles. The van der Waals surface area contributed by atoms with Gasteiger partial charge in [-0.2, -0.15) is 0 Å². The SMILES string of the molecule is CN(CC(=O)Nc1ccccc1Cl)C(=O)/C=C/c1ccc(C(C)(C)C)cc1. The molecule has 0 saturated heterocycles. The molecule has 5 heteroatoms. The van der Waals surface area contributed by atoms with Crippen LogP contribution in [-0.2, 0) is 15.0 Å². The molecule has 0 aliphatic carbocycles. The first-order valence-electron chi connectivity index (χ1n) is 8.75. The maximum Gasteiger partial charge on any atom is 0.246 e. The van der Waals surface area contributed by atoms with Gasteiger partial charge >= 0.3 is 0 Å². The van der Waals surface area contributed by atoms with E-state index in [1.54, 1.807) is 37.4 Å². The number of nitrogens with zero attached hydrogens (tertiary/aromatic N) is 1. The summed E-state index contributed by atoms with van der Waals surface area (Å²) in [5.41, 5.74) is 2.79. The van der Waals surface area contributed by atoms with Crippen LogP contribution in [0.2, 0.25) is 5.02 Å². The van der Waals surface area contributed by atoms with Gasteiger partial charge in [-0.15, -0.1) is 0 Å². The first-order chi connectivity index (χ1) is 12.7. The number of nitrogens with one attached hydrogen (secondary N) is 1. The van der Waals surface area contributed by atoms with Crippen molar-refractivity contribution in [3.63, 3.8) is 0 Å². The number of hydrogen-bond donors (Lipinski definition) is 1. The zero-order valence-electron chi connectivity index (χ0n) is 16.1. The summed E-state index contributed by atoms with van der Waals surface area (Å²) in [6.45, 7) is 6.41. The van der Waals surface area contributed by atoms with Crippen LogP contribution in [0.15, 0.2) is 54.6 Å². The molecule has 0 atom stereocenters. The molecule has 1 N–H and O–H groups in total. The van der Waals surface area contributed by atoms with Gasteiger partial charge in [0, 0.05) is 13.1 Å². The van der Waals surface area contributed by atoms with Gasteiger partial charge in [0.05, 0.1) is 17.3 Å². The first kappa shape index (κ1) is 20.7. The van der Waals surface area contributed by atoms with Crippen molar-refractivity contribution in [1.82, 2.24) is 4.90 Å². The number of benzene rings is 2. The van der Waals surface area contributed by atoms with Gasteiger partial charge in [0.1, 0.15) is 0 Å². The first-order valence-corrected chi connectivity index (χ1v) is 9.13. The van der Waals surface area contributed by atoms with Crippen molar-refractivity contribution in [2.45, 2.75) is 26.2 Å². The van der Waals surface area contributed by atoms with Crippen molar-refractivity contribution >= 4 is 35.2 Å². The number of hydrogen-bond acceptors (Lipinski definition) is 2. The van der Waals surface area contributed by atoms with E-state index in [2.05, 4.69) is 38.2 Å². The fourth-order valence-corrected chi connectivity index (χ4v) is 2.62. The van der Waals surface area contributed by atoms with E-state index >= 15 is 0 Å². The molecule has 0 radical (unpaired) electrons. The molecule has 142 valence electrons. The fourth-order valence-electron chi connectivity index (χ4n) is 2.43. The van der Waals surface area contributed by atoms with Gasteiger partial charge in [-0.25, -0.2) is 0 Å². The molecule has 0 aliphatic rings. The van der Waals surface area contributed by atoms with E-state index < -0.39 is 0 Å². The minimum absolute atomic E-state index is 0.0582. The molecule has 2 aromatic carbocycles. The molecule has 0 aromatic heterocycles. The standard InChI is InChI=1S/C22H25ClN2O2/c1-22(2,3)17-12-9-16(10-13-17)11-14-21(27)25(4)15-20(26)24-19-8-6-5-7-18(19)23/h5-14H,15H2,1-4H3,(H,24,26)/b14-11+. The van der Waals surface area contributed by atoms with Crippen LogP contribution in [0.5, 0.6) is 0 Å². The smallest absolute Gasteiger partial charge is 0.246 e. The molecule has 2 aromatic rings. The van der Waals surface area contributed by atoms with Crippen molar-refractivity contribution in [2.24, 2.45) is 0 Å². The van der Waals surface area contributed by atoms with Crippen LogP contribution in [-0.4, -0.2) is 30.3 Å². The van der Waals surface area contributed by atoms with E-state index in [9.17, 15) is 9.59 Å². The van der Waals surface area contributed by atoms with E-state index in [1.165, 1.54) is 16.5 Å². The number of anilines is 1. The number of rotatable bonds is 5. The molecule has 2 rings (SSSR count). The monoisotopic (exact) mass is 384 g/mol. The normalized spacial score (nSPS) is 11.4. The van der Waals surface area contributed by atoms with Crippen LogP contribution >= 0.6 is 11.6 Å². The Bertz CT molecular complexity index is 836. The molecule has 0 aliphatic heterocycles. The second kappa shape index (κ2) is 8.87. The van der Waals surface area contributed by atoms with Crippen LogP contribution in [0.3, 0.4) is 0 Å². The lowest BCUT2D eigenvalue weighted by Crippen LogP contribution is -2.33. The molecule has 0 bridgehead atoms. The van der Waals surface area contributed by atoms with Crippen LogP contribution < -0.4 is 5.32 Å². The minimum atomic E-state index is -0.304. The Morgan fingerprint density at radius 3 is 2.30 bits per heavy atom. The lowest BCUT2D eigenvalue weighted by molar-refractivity contribution is -0.129. The van der Waals surface area contributed by atoms with Gasteiger partial charge in [0.25, 0.3) is 0 Å². The lowest BCUT2D eigenvalue weighted by atomic mass is 9.87. The highest BCUT2D eigenvalue weighted by Gasteiger charge is 2.13. The Morgan fingerprint density at radius 1 is 1.07 bits per heavy atom. The van der Waals surface area contributed by atoms with Crippen LogP contribution in [0.25, 0.3) is 6.08 Å². The van der Waals surface area contributed by atoms with Gasteiger partial charge < -0.3 is 10.2 Å². The Morgan fingerprint density at radius 2 is 1.70 bits per heavy atom. The predicted octanol–water partition coefficient (Wildman–Crippen LogP) is 4.75. The Kier molecular flexibility index (Phi) is 6.81. The molecule has 0 spiro atoms. The Balaban J connectivity index is 1.92. The van der Waals surface area contributed by atoms with Crippen molar-refractivity contribution in [3.8, 4) is 0 Å². The second-order valence-electron chi connectivity index (χ2n) is 7.43. The average molecular weight is 385 g/mol. The number of likely N-dealkylation sites (N-methyl/N-ethyl adjacent to an activating group) is 1. The largest absolute Gasteiger partial charge is 0.333 e. The van der Waals surface area contributed by atoms with Crippen molar-refractivity contribution < 1.29 is 9.59 Å². The summed E-state index contributed by atoms with van der Waals surface area (Å²) < 4.78 is 0. The lowest BCUT2D eigenvalue weighted by Gasteiger charge is -2.18.